The smallest absolute Gasteiger partial charge is 0.361 e. The summed E-state index contributed by atoms with van der Waals surface area (Å²) in [5.41, 5.74) is 0.0419. The lowest BCUT2D eigenvalue weighted by atomic mass is 10.0. The molecule has 0 fully saturated rings. The molecule has 1 atom stereocenters. The Morgan fingerprint density at radius 3 is 2.40 bits per heavy atom. The van der Waals surface area contributed by atoms with E-state index in [1.165, 1.54) is 12.1 Å². The van der Waals surface area contributed by atoms with Crippen LogP contribution in [0.2, 0.25) is 0 Å². The average molecular weight is 409 g/mol. The van der Waals surface area contributed by atoms with Crippen LogP contribution in [0.25, 0.3) is 0 Å². The molecule has 0 bridgehead atoms. The number of alkyl halides is 3. The van der Waals surface area contributed by atoms with Crippen molar-refractivity contribution in [2.45, 2.75) is 19.1 Å². The zero-order valence-corrected chi connectivity index (χ0v) is 15.1. The van der Waals surface area contributed by atoms with E-state index in [0.29, 0.717) is 12.2 Å². The Hall–Kier alpha value is -2.26. The maximum absolute atomic E-state index is 13.2. The van der Waals surface area contributed by atoms with E-state index < -0.39 is 11.7 Å². The minimum absolute atomic E-state index is 0.167. The number of anilines is 1. The van der Waals surface area contributed by atoms with Gasteiger partial charge in [0.1, 0.15) is 0 Å². The van der Waals surface area contributed by atoms with E-state index in [1.807, 2.05) is 36.1 Å². The van der Waals surface area contributed by atoms with Crippen LogP contribution in [0.4, 0.5) is 18.9 Å². The zero-order valence-electron chi connectivity index (χ0n) is 13.5. The van der Waals surface area contributed by atoms with E-state index in [2.05, 4.69) is 22.5 Å². The fourth-order valence-electron chi connectivity index (χ4n) is 2.59. The van der Waals surface area contributed by atoms with Crippen LogP contribution < -0.4 is 4.90 Å². The van der Waals surface area contributed by atoms with Crippen molar-refractivity contribution in [3.05, 3.63) is 76.3 Å². The molecule has 0 heterocycles. The molecular weight excluding hydrogens is 393 g/mol. The SMILES string of the molecule is C=CCN(c1ccc(C#N)c(C(F)(F)F)c1)[C@H](C)c1ccc(Br)cc1. The maximum Gasteiger partial charge on any atom is 0.417 e. The van der Waals surface area contributed by atoms with Gasteiger partial charge in [-0.1, -0.05) is 34.1 Å². The molecule has 0 N–H and O–H groups in total. The largest absolute Gasteiger partial charge is 0.417 e. The summed E-state index contributed by atoms with van der Waals surface area (Å²) in [5, 5.41) is 8.94. The number of benzene rings is 2. The van der Waals surface area contributed by atoms with Gasteiger partial charge < -0.3 is 4.90 Å². The first-order chi connectivity index (χ1) is 11.8. The molecule has 0 aromatic heterocycles. The highest BCUT2D eigenvalue weighted by atomic mass is 79.9. The highest BCUT2D eigenvalue weighted by molar-refractivity contribution is 9.10. The van der Waals surface area contributed by atoms with Gasteiger partial charge in [0.25, 0.3) is 0 Å². The summed E-state index contributed by atoms with van der Waals surface area (Å²) in [7, 11) is 0. The van der Waals surface area contributed by atoms with Gasteiger partial charge in [-0.3, -0.25) is 0 Å². The molecule has 2 aromatic rings. The third-order valence-electron chi connectivity index (χ3n) is 3.91. The highest BCUT2D eigenvalue weighted by Crippen LogP contribution is 2.36. The fourth-order valence-corrected chi connectivity index (χ4v) is 2.85. The van der Waals surface area contributed by atoms with Crippen molar-refractivity contribution in [3.63, 3.8) is 0 Å². The van der Waals surface area contributed by atoms with Crippen LogP contribution in [0, 0.1) is 11.3 Å². The van der Waals surface area contributed by atoms with E-state index >= 15 is 0 Å². The van der Waals surface area contributed by atoms with Gasteiger partial charge in [-0.05, 0) is 42.8 Å². The van der Waals surface area contributed by atoms with Crippen molar-refractivity contribution >= 4 is 21.6 Å². The van der Waals surface area contributed by atoms with E-state index in [9.17, 15) is 13.2 Å². The first-order valence-corrected chi connectivity index (χ1v) is 8.31. The summed E-state index contributed by atoms with van der Waals surface area (Å²) < 4.78 is 40.6. The third-order valence-corrected chi connectivity index (χ3v) is 4.44. The number of rotatable bonds is 5. The summed E-state index contributed by atoms with van der Waals surface area (Å²) in [4.78, 5) is 1.81. The van der Waals surface area contributed by atoms with Gasteiger partial charge in [0, 0.05) is 16.7 Å². The molecule has 0 aliphatic heterocycles. The summed E-state index contributed by atoms with van der Waals surface area (Å²) in [6, 6.07) is 12.8. The second-order valence-electron chi connectivity index (χ2n) is 5.51. The van der Waals surface area contributed by atoms with Crippen LogP contribution in [0.3, 0.4) is 0 Å². The molecule has 0 aliphatic rings. The number of nitriles is 1. The van der Waals surface area contributed by atoms with E-state index in [-0.39, 0.29) is 11.6 Å². The normalized spacial score (nSPS) is 12.3. The molecule has 2 nitrogen and oxygen atoms in total. The molecule has 2 rings (SSSR count). The number of halogens is 4. The van der Waals surface area contributed by atoms with Crippen molar-refractivity contribution < 1.29 is 13.2 Å². The van der Waals surface area contributed by atoms with Crippen molar-refractivity contribution in [2.24, 2.45) is 0 Å². The Balaban J connectivity index is 2.48. The van der Waals surface area contributed by atoms with Gasteiger partial charge >= 0.3 is 6.18 Å². The third kappa shape index (κ3) is 4.43. The van der Waals surface area contributed by atoms with Gasteiger partial charge in [0.2, 0.25) is 0 Å². The Morgan fingerprint density at radius 1 is 1.24 bits per heavy atom. The summed E-state index contributed by atoms with van der Waals surface area (Å²) in [5.74, 6) is 0. The molecule has 0 saturated heterocycles. The predicted octanol–water partition coefficient (Wildman–Crippen LogP) is 6.09. The molecule has 0 saturated carbocycles. The second kappa shape index (κ2) is 7.75. The molecule has 0 unspecified atom stereocenters. The first-order valence-electron chi connectivity index (χ1n) is 7.52. The highest BCUT2D eigenvalue weighted by Gasteiger charge is 2.34. The lowest BCUT2D eigenvalue weighted by Crippen LogP contribution is -2.27. The van der Waals surface area contributed by atoms with E-state index in [4.69, 9.17) is 5.26 Å². The van der Waals surface area contributed by atoms with Gasteiger partial charge in [0.15, 0.2) is 0 Å². The maximum atomic E-state index is 13.2. The van der Waals surface area contributed by atoms with Crippen LogP contribution >= 0.6 is 15.9 Å². The Kier molecular flexibility index (Phi) is 5.91. The number of nitrogens with zero attached hydrogens (tertiary/aromatic N) is 2. The van der Waals surface area contributed by atoms with Crippen molar-refractivity contribution in [1.82, 2.24) is 0 Å². The lowest BCUT2D eigenvalue weighted by molar-refractivity contribution is -0.137. The van der Waals surface area contributed by atoms with Gasteiger partial charge in [-0.2, -0.15) is 18.4 Å². The molecule has 0 spiro atoms. The molecule has 2 aromatic carbocycles. The van der Waals surface area contributed by atoms with Crippen LogP contribution in [-0.4, -0.2) is 6.54 Å². The van der Waals surface area contributed by atoms with E-state index in [0.717, 1.165) is 16.1 Å². The van der Waals surface area contributed by atoms with Crippen molar-refractivity contribution in [3.8, 4) is 6.07 Å². The molecule has 0 amide bonds. The second-order valence-corrected chi connectivity index (χ2v) is 6.42. The molecular formula is C19H16BrF3N2. The zero-order chi connectivity index (χ0) is 18.6. The molecule has 6 heteroatoms. The van der Waals surface area contributed by atoms with Crippen LogP contribution in [0.5, 0.6) is 0 Å². The topological polar surface area (TPSA) is 27.0 Å². The Morgan fingerprint density at radius 2 is 1.88 bits per heavy atom. The van der Waals surface area contributed by atoms with Gasteiger partial charge in [-0.25, -0.2) is 0 Å². The summed E-state index contributed by atoms with van der Waals surface area (Å²) >= 11 is 3.37. The summed E-state index contributed by atoms with van der Waals surface area (Å²) in [6.45, 7) is 5.99. The minimum atomic E-state index is -4.58. The summed E-state index contributed by atoms with van der Waals surface area (Å²) in [6.07, 6.45) is -2.94. The monoisotopic (exact) mass is 408 g/mol. The standard InChI is InChI=1S/C19H16BrF3N2/c1-3-10-25(13(2)14-4-7-16(20)8-5-14)17-9-6-15(12-24)18(11-17)19(21,22)23/h3-9,11,13H,1,10H2,2H3/t13-/m1/s1. The van der Waals surface area contributed by atoms with Crippen LogP contribution in [0.15, 0.2) is 59.6 Å². The van der Waals surface area contributed by atoms with E-state index in [1.54, 1.807) is 12.1 Å². The van der Waals surface area contributed by atoms with Crippen LogP contribution in [-0.2, 0) is 6.18 Å². The average Bonchev–Trinajstić information content (AvgIpc) is 2.58. The molecule has 0 radical (unpaired) electrons. The van der Waals surface area contributed by atoms with Crippen molar-refractivity contribution in [2.75, 3.05) is 11.4 Å². The van der Waals surface area contributed by atoms with Crippen LogP contribution in [0.1, 0.15) is 29.7 Å². The quantitative estimate of drug-likeness (QED) is 0.559. The predicted molar refractivity (Wildman–Crippen MR) is 96.3 cm³/mol. The van der Waals surface area contributed by atoms with Crippen molar-refractivity contribution in [1.29, 1.82) is 5.26 Å². The molecule has 130 valence electrons. The lowest BCUT2D eigenvalue weighted by Gasteiger charge is -2.31. The van der Waals surface area contributed by atoms with Gasteiger partial charge in [-0.15, -0.1) is 6.58 Å². The Labute approximate surface area is 153 Å². The number of hydrogen-bond donors (Lipinski definition) is 0. The Bertz CT molecular complexity index is 792. The number of hydrogen-bond acceptors (Lipinski definition) is 2. The fraction of sp³-hybridized carbons (Fsp3) is 0.211. The molecule has 25 heavy (non-hydrogen) atoms. The first kappa shape index (κ1) is 19.1. The minimum Gasteiger partial charge on any atom is -0.361 e. The van der Waals surface area contributed by atoms with Gasteiger partial charge in [0.05, 0.1) is 23.2 Å². The molecule has 0 aliphatic carbocycles.